The molecular formula is C20H14F5N3O2. The Morgan fingerprint density at radius 2 is 1.90 bits per heavy atom. The molecule has 3 heterocycles. The van der Waals surface area contributed by atoms with Crippen molar-refractivity contribution < 1.29 is 31.5 Å². The van der Waals surface area contributed by atoms with Gasteiger partial charge in [-0.2, -0.15) is 13.2 Å². The van der Waals surface area contributed by atoms with E-state index < -0.39 is 30.1 Å². The summed E-state index contributed by atoms with van der Waals surface area (Å²) in [6, 6.07) is 9.67. The number of amides is 1. The van der Waals surface area contributed by atoms with Gasteiger partial charge in [0.15, 0.2) is 0 Å². The molecule has 30 heavy (non-hydrogen) atoms. The first kappa shape index (κ1) is 20.0. The smallest absolute Gasteiger partial charge is 0.417 e. The Morgan fingerprint density at radius 1 is 1.10 bits per heavy atom. The van der Waals surface area contributed by atoms with Crippen molar-refractivity contribution in [3.63, 3.8) is 0 Å². The van der Waals surface area contributed by atoms with Crippen molar-refractivity contribution in [1.82, 2.24) is 14.9 Å². The van der Waals surface area contributed by atoms with Crippen molar-refractivity contribution in [3.05, 3.63) is 59.9 Å². The van der Waals surface area contributed by atoms with Crippen molar-refractivity contribution in [3.8, 4) is 11.6 Å². The van der Waals surface area contributed by atoms with Crippen molar-refractivity contribution in [1.29, 1.82) is 0 Å². The van der Waals surface area contributed by atoms with Crippen LogP contribution in [0, 0.1) is 0 Å². The van der Waals surface area contributed by atoms with Crippen molar-refractivity contribution >= 4 is 16.8 Å². The Labute approximate surface area is 167 Å². The van der Waals surface area contributed by atoms with Gasteiger partial charge >= 0.3 is 6.18 Å². The zero-order valence-corrected chi connectivity index (χ0v) is 15.3. The summed E-state index contributed by atoms with van der Waals surface area (Å²) in [6.07, 6.45) is -4.18. The van der Waals surface area contributed by atoms with Gasteiger partial charge in [-0.25, -0.2) is 18.7 Å². The van der Waals surface area contributed by atoms with Gasteiger partial charge in [-0.15, -0.1) is 0 Å². The molecule has 0 N–H and O–H groups in total. The number of ether oxygens (including phenoxy) is 1. The predicted molar refractivity (Wildman–Crippen MR) is 96.5 cm³/mol. The second kappa shape index (κ2) is 7.19. The zero-order valence-electron chi connectivity index (χ0n) is 15.3. The summed E-state index contributed by atoms with van der Waals surface area (Å²) in [5.74, 6) is -3.15. The van der Waals surface area contributed by atoms with Gasteiger partial charge in [-0.3, -0.25) is 4.79 Å². The van der Waals surface area contributed by atoms with Crippen molar-refractivity contribution in [2.24, 2.45) is 0 Å². The van der Waals surface area contributed by atoms with Gasteiger partial charge in [0, 0.05) is 30.6 Å². The van der Waals surface area contributed by atoms with Crippen LogP contribution in [0.1, 0.15) is 22.5 Å². The van der Waals surface area contributed by atoms with Crippen LogP contribution >= 0.6 is 0 Å². The summed E-state index contributed by atoms with van der Waals surface area (Å²) < 4.78 is 69.9. The molecule has 1 amide bonds. The molecule has 0 aliphatic carbocycles. The average Bonchev–Trinajstić information content (AvgIpc) is 3.06. The zero-order chi connectivity index (χ0) is 21.5. The number of aromatic nitrogens is 2. The lowest BCUT2D eigenvalue weighted by atomic mass is 10.2. The Hall–Kier alpha value is -3.30. The minimum atomic E-state index is -4.49. The number of hydrogen-bond acceptors (Lipinski definition) is 4. The highest BCUT2D eigenvalue weighted by Gasteiger charge is 2.40. The molecule has 3 aromatic rings. The van der Waals surface area contributed by atoms with E-state index in [4.69, 9.17) is 4.74 Å². The van der Waals surface area contributed by atoms with E-state index in [1.807, 2.05) is 0 Å². The largest absolute Gasteiger partial charge is 0.439 e. The molecule has 0 radical (unpaired) electrons. The molecule has 1 saturated heterocycles. The second-order valence-electron chi connectivity index (χ2n) is 6.87. The third-order valence-electron chi connectivity index (χ3n) is 4.62. The van der Waals surface area contributed by atoms with E-state index in [0.29, 0.717) is 22.8 Å². The Kier molecular flexibility index (Phi) is 4.79. The molecule has 0 saturated carbocycles. The number of fused-ring (bicyclic) bond motifs is 1. The maximum atomic E-state index is 13.3. The minimum Gasteiger partial charge on any atom is -0.439 e. The van der Waals surface area contributed by atoms with Crippen LogP contribution in [0.2, 0.25) is 0 Å². The average molecular weight is 423 g/mol. The van der Waals surface area contributed by atoms with Crippen LogP contribution in [0.4, 0.5) is 22.0 Å². The van der Waals surface area contributed by atoms with E-state index in [9.17, 15) is 26.7 Å². The molecule has 4 rings (SSSR count). The lowest BCUT2D eigenvalue weighted by molar-refractivity contribution is -0.137. The Morgan fingerprint density at radius 3 is 2.53 bits per heavy atom. The Balaban J connectivity index is 1.51. The standard InChI is InChI=1S/C20H14F5N3O2/c21-19(22)7-8-28(11-19)18(29)16-4-1-12-9-14(3-5-15(12)27-16)30-17-6-2-13(10-26-17)20(23,24)25/h1-6,9-10H,7-8,11H2. The lowest BCUT2D eigenvalue weighted by Crippen LogP contribution is -2.31. The molecule has 1 aliphatic rings. The van der Waals surface area contributed by atoms with E-state index in [-0.39, 0.29) is 24.5 Å². The van der Waals surface area contributed by atoms with Crippen molar-refractivity contribution in [2.75, 3.05) is 13.1 Å². The fourth-order valence-electron chi connectivity index (χ4n) is 3.09. The maximum Gasteiger partial charge on any atom is 0.417 e. The van der Waals surface area contributed by atoms with Gasteiger partial charge in [0.1, 0.15) is 11.4 Å². The van der Waals surface area contributed by atoms with Crippen molar-refractivity contribution in [2.45, 2.75) is 18.5 Å². The topological polar surface area (TPSA) is 55.3 Å². The summed E-state index contributed by atoms with van der Waals surface area (Å²) in [6.45, 7) is -0.656. The molecule has 10 heteroatoms. The number of carbonyl (C=O) groups is 1. The molecule has 0 bridgehead atoms. The van der Waals surface area contributed by atoms with E-state index in [1.165, 1.54) is 12.1 Å². The monoisotopic (exact) mass is 423 g/mol. The van der Waals surface area contributed by atoms with Gasteiger partial charge in [-0.1, -0.05) is 6.07 Å². The molecular weight excluding hydrogens is 409 g/mol. The highest BCUT2D eigenvalue weighted by atomic mass is 19.4. The first-order valence-electron chi connectivity index (χ1n) is 8.90. The van der Waals surface area contributed by atoms with Crippen LogP contribution in [0.25, 0.3) is 10.9 Å². The summed E-state index contributed by atoms with van der Waals surface area (Å²) >= 11 is 0. The summed E-state index contributed by atoms with van der Waals surface area (Å²) in [5.41, 5.74) is -0.386. The summed E-state index contributed by atoms with van der Waals surface area (Å²) in [7, 11) is 0. The molecule has 2 aromatic heterocycles. The molecule has 5 nitrogen and oxygen atoms in total. The van der Waals surface area contributed by atoms with E-state index in [2.05, 4.69) is 9.97 Å². The minimum absolute atomic E-state index is 0.0166. The number of alkyl halides is 5. The second-order valence-corrected chi connectivity index (χ2v) is 6.87. The van der Waals surface area contributed by atoms with Crippen LogP contribution in [-0.4, -0.2) is 39.8 Å². The molecule has 0 atom stereocenters. The third-order valence-corrected chi connectivity index (χ3v) is 4.62. The highest BCUT2D eigenvalue weighted by molar-refractivity contribution is 5.95. The summed E-state index contributed by atoms with van der Waals surface area (Å²) in [4.78, 5) is 21.3. The molecule has 1 fully saturated rings. The fourth-order valence-corrected chi connectivity index (χ4v) is 3.09. The normalized spacial score (nSPS) is 16.1. The number of nitrogens with zero attached hydrogens (tertiary/aromatic N) is 3. The van der Waals surface area contributed by atoms with Gasteiger partial charge in [0.05, 0.1) is 17.6 Å². The van der Waals surface area contributed by atoms with E-state index in [0.717, 1.165) is 17.0 Å². The molecule has 0 spiro atoms. The number of benzene rings is 1. The number of likely N-dealkylation sites (tertiary alicyclic amines) is 1. The SMILES string of the molecule is O=C(c1ccc2cc(Oc3ccc(C(F)(F)F)cn3)ccc2n1)N1CCC(F)(F)C1. The fraction of sp³-hybridized carbons (Fsp3) is 0.250. The first-order valence-corrected chi connectivity index (χ1v) is 8.90. The lowest BCUT2D eigenvalue weighted by Gasteiger charge is -2.15. The maximum absolute atomic E-state index is 13.3. The Bertz CT molecular complexity index is 1100. The van der Waals surface area contributed by atoms with Gasteiger partial charge in [-0.05, 0) is 30.3 Å². The van der Waals surface area contributed by atoms with Gasteiger partial charge in [0.2, 0.25) is 5.88 Å². The van der Waals surface area contributed by atoms with Crippen LogP contribution in [0.15, 0.2) is 48.7 Å². The quantitative estimate of drug-likeness (QED) is 0.561. The predicted octanol–water partition coefficient (Wildman–Crippen LogP) is 4.92. The highest BCUT2D eigenvalue weighted by Crippen LogP contribution is 2.31. The number of carbonyl (C=O) groups excluding carboxylic acids is 1. The van der Waals surface area contributed by atoms with Gasteiger partial charge < -0.3 is 9.64 Å². The molecule has 156 valence electrons. The number of halogens is 5. The molecule has 0 unspecified atom stereocenters. The van der Waals surface area contributed by atoms with Crippen LogP contribution < -0.4 is 4.74 Å². The summed E-state index contributed by atoms with van der Waals surface area (Å²) in [5, 5.41) is 0.600. The number of pyridine rings is 2. The third kappa shape index (κ3) is 4.17. The van der Waals surface area contributed by atoms with Gasteiger partial charge in [0.25, 0.3) is 11.8 Å². The van der Waals surface area contributed by atoms with Crippen LogP contribution in [-0.2, 0) is 6.18 Å². The first-order chi connectivity index (χ1) is 14.1. The molecule has 1 aliphatic heterocycles. The van der Waals surface area contributed by atoms with E-state index >= 15 is 0 Å². The van der Waals surface area contributed by atoms with E-state index in [1.54, 1.807) is 18.2 Å². The molecule has 1 aromatic carbocycles. The van der Waals surface area contributed by atoms with Crippen LogP contribution in [0.5, 0.6) is 11.6 Å². The van der Waals surface area contributed by atoms with Crippen LogP contribution in [0.3, 0.4) is 0 Å². The number of hydrogen-bond donors (Lipinski definition) is 0. The number of rotatable bonds is 3.